The first kappa shape index (κ1) is 18.8. The lowest BCUT2D eigenvalue weighted by molar-refractivity contribution is -0.116. The molecule has 1 aliphatic carbocycles. The molecule has 1 saturated carbocycles. The van der Waals surface area contributed by atoms with Gasteiger partial charge in [0.05, 0.1) is 17.2 Å². The molecule has 148 valence electrons. The molecule has 29 heavy (non-hydrogen) atoms. The zero-order chi connectivity index (χ0) is 20.5. The van der Waals surface area contributed by atoms with E-state index in [-0.39, 0.29) is 18.5 Å². The van der Waals surface area contributed by atoms with Crippen molar-refractivity contribution in [2.24, 2.45) is 0 Å². The molecular weight excluding hydrogens is 375 g/mol. The van der Waals surface area contributed by atoms with Crippen molar-refractivity contribution in [1.29, 1.82) is 0 Å². The molecule has 0 saturated heterocycles. The molecule has 2 amide bonds. The van der Waals surface area contributed by atoms with Gasteiger partial charge in [-0.3, -0.25) is 19.0 Å². The highest BCUT2D eigenvalue weighted by molar-refractivity contribution is 5.98. The van der Waals surface area contributed by atoms with Crippen LogP contribution < -0.4 is 16.2 Å². The Bertz CT molecular complexity index is 1180. The molecule has 0 aliphatic heterocycles. The number of rotatable bonds is 5. The van der Waals surface area contributed by atoms with Crippen molar-refractivity contribution >= 4 is 28.5 Å². The van der Waals surface area contributed by atoms with Gasteiger partial charge in [-0.2, -0.15) is 0 Å². The van der Waals surface area contributed by atoms with Gasteiger partial charge in [-0.25, -0.2) is 9.37 Å². The van der Waals surface area contributed by atoms with E-state index in [9.17, 15) is 18.8 Å². The second-order valence-electron chi connectivity index (χ2n) is 7.14. The van der Waals surface area contributed by atoms with Crippen LogP contribution in [-0.2, 0) is 11.3 Å². The quantitative estimate of drug-likeness (QED) is 0.695. The number of fused-ring (bicyclic) bond motifs is 1. The van der Waals surface area contributed by atoms with E-state index in [2.05, 4.69) is 15.6 Å². The van der Waals surface area contributed by atoms with Crippen LogP contribution in [0.5, 0.6) is 0 Å². The third kappa shape index (κ3) is 4.16. The fourth-order valence-electron chi connectivity index (χ4n) is 3.03. The molecule has 8 heteroatoms. The summed E-state index contributed by atoms with van der Waals surface area (Å²) in [5, 5.41) is 5.53. The van der Waals surface area contributed by atoms with Gasteiger partial charge < -0.3 is 10.6 Å². The van der Waals surface area contributed by atoms with Gasteiger partial charge in [0.15, 0.2) is 0 Å². The Hall–Kier alpha value is -3.55. The standard InChI is InChI=1S/C21H19FN4O3/c1-12-2-4-14(22)9-16(12)25-19(27)11-26-18-7-3-13(21(29)24-15-5-6-15)8-17(18)23-10-20(26)28/h2-4,7-10,15H,5-6,11H2,1H3,(H,24,29)(H,25,27). The summed E-state index contributed by atoms with van der Waals surface area (Å²) in [4.78, 5) is 41.1. The number of aromatic nitrogens is 2. The molecule has 0 atom stereocenters. The molecule has 0 bridgehead atoms. The van der Waals surface area contributed by atoms with E-state index in [0.29, 0.717) is 27.8 Å². The van der Waals surface area contributed by atoms with Crippen molar-refractivity contribution in [3.63, 3.8) is 0 Å². The highest BCUT2D eigenvalue weighted by Gasteiger charge is 2.24. The minimum atomic E-state index is -0.469. The molecule has 1 aromatic heterocycles. The van der Waals surface area contributed by atoms with Crippen molar-refractivity contribution in [2.45, 2.75) is 32.4 Å². The fourth-order valence-corrected chi connectivity index (χ4v) is 3.03. The highest BCUT2D eigenvalue weighted by Crippen LogP contribution is 2.20. The van der Waals surface area contributed by atoms with Crippen LogP contribution in [0.3, 0.4) is 0 Å². The van der Waals surface area contributed by atoms with Crippen molar-refractivity contribution in [1.82, 2.24) is 14.9 Å². The lowest BCUT2D eigenvalue weighted by Gasteiger charge is -2.12. The van der Waals surface area contributed by atoms with Gasteiger partial charge in [-0.1, -0.05) is 6.07 Å². The molecule has 4 rings (SSSR count). The van der Waals surface area contributed by atoms with Crippen molar-refractivity contribution in [2.75, 3.05) is 5.32 Å². The number of anilines is 1. The smallest absolute Gasteiger partial charge is 0.269 e. The molecule has 0 radical (unpaired) electrons. The second-order valence-corrected chi connectivity index (χ2v) is 7.14. The van der Waals surface area contributed by atoms with Gasteiger partial charge in [-0.05, 0) is 55.7 Å². The Morgan fingerprint density at radius 2 is 2.00 bits per heavy atom. The minimum absolute atomic E-state index is 0.187. The largest absolute Gasteiger partial charge is 0.349 e. The van der Waals surface area contributed by atoms with E-state index >= 15 is 0 Å². The Morgan fingerprint density at radius 1 is 1.21 bits per heavy atom. The van der Waals surface area contributed by atoms with Gasteiger partial charge >= 0.3 is 0 Å². The maximum absolute atomic E-state index is 13.4. The predicted molar refractivity (Wildman–Crippen MR) is 106 cm³/mol. The third-order valence-corrected chi connectivity index (χ3v) is 4.80. The first-order chi connectivity index (χ1) is 13.9. The number of nitrogens with zero attached hydrogens (tertiary/aromatic N) is 2. The zero-order valence-electron chi connectivity index (χ0n) is 15.7. The maximum Gasteiger partial charge on any atom is 0.269 e. The van der Waals surface area contributed by atoms with Crippen molar-refractivity contribution < 1.29 is 14.0 Å². The summed E-state index contributed by atoms with van der Waals surface area (Å²) in [5.74, 6) is -1.12. The Kier molecular flexibility index (Phi) is 4.84. The lowest BCUT2D eigenvalue weighted by atomic mass is 10.1. The average molecular weight is 394 g/mol. The predicted octanol–water partition coefficient (Wildman–Crippen LogP) is 2.37. The normalized spacial score (nSPS) is 13.3. The number of amides is 2. The van der Waals surface area contributed by atoms with E-state index in [1.807, 2.05) is 0 Å². The molecule has 3 aromatic rings. The second kappa shape index (κ2) is 7.46. The van der Waals surface area contributed by atoms with E-state index in [0.717, 1.165) is 19.0 Å². The average Bonchev–Trinajstić information content (AvgIpc) is 3.50. The number of carbonyl (C=O) groups excluding carboxylic acids is 2. The van der Waals surface area contributed by atoms with Crippen molar-refractivity contribution in [3.8, 4) is 0 Å². The summed E-state index contributed by atoms with van der Waals surface area (Å²) in [7, 11) is 0. The first-order valence-electron chi connectivity index (χ1n) is 9.27. The van der Waals surface area contributed by atoms with Crippen LogP contribution in [0.25, 0.3) is 11.0 Å². The summed E-state index contributed by atoms with van der Waals surface area (Å²) in [5.41, 5.74) is 1.92. The molecule has 1 fully saturated rings. The van der Waals surface area contributed by atoms with Crippen LogP contribution in [0.2, 0.25) is 0 Å². The minimum Gasteiger partial charge on any atom is -0.349 e. The van der Waals surface area contributed by atoms with Gasteiger partial charge in [0.2, 0.25) is 5.91 Å². The van der Waals surface area contributed by atoms with E-state index in [1.54, 1.807) is 31.2 Å². The van der Waals surface area contributed by atoms with E-state index in [4.69, 9.17) is 0 Å². The summed E-state index contributed by atoms with van der Waals surface area (Å²) >= 11 is 0. The van der Waals surface area contributed by atoms with Gasteiger partial charge in [0, 0.05) is 17.3 Å². The fraction of sp³-hybridized carbons (Fsp3) is 0.238. The Balaban J connectivity index is 1.59. The molecule has 0 spiro atoms. The molecular formula is C21H19FN4O3. The zero-order valence-corrected chi connectivity index (χ0v) is 15.7. The first-order valence-corrected chi connectivity index (χ1v) is 9.27. The number of benzene rings is 2. The van der Waals surface area contributed by atoms with Crippen LogP contribution in [-0.4, -0.2) is 27.4 Å². The third-order valence-electron chi connectivity index (χ3n) is 4.80. The number of aryl methyl sites for hydroxylation is 1. The van der Waals surface area contributed by atoms with Crippen LogP contribution >= 0.6 is 0 Å². The van der Waals surface area contributed by atoms with E-state index < -0.39 is 17.3 Å². The van der Waals surface area contributed by atoms with Gasteiger partial charge in [-0.15, -0.1) is 0 Å². The molecule has 2 N–H and O–H groups in total. The maximum atomic E-state index is 13.4. The summed E-state index contributed by atoms with van der Waals surface area (Å²) < 4.78 is 14.7. The van der Waals surface area contributed by atoms with Crippen LogP contribution in [0.4, 0.5) is 10.1 Å². The number of nitrogens with one attached hydrogen (secondary N) is 2. The molecule has 2 aromatic carbocycles. The summed E-state index contributed by atoms with van der Waals surface area (Å²) in [6.45, 7) is 1.48. The Labute approximate surface area is 165 Å². The number of halogens is 1. The molecule has 0 unspecified atom stereocenters. The number of carbonyl (C=O) groups is 2. The number of hydrogen-bond donors (Lipinski definition) is 2. The highest BCUT2D eigenvalue weighted by atomic mass is 19.1. The molecule has 1 heterocycles. The van der Waals surface area contributed by atoms with E-state index in [1.165, 1.54) is 16.7 Å². The van der Waals surface area contributed by atoms with Crippen LogP contribution in [0.1, 0.15) is 28.8 Å². The summed E-state index contributed by atoms with van der Waals surface area (Å²) in [6, 6.07) is 9.13. The SMILES string of the molecule is Cc1ccc(F)cc1NC(=O)Cn1c(=O)cnc2cc(C(=O)NC3CC3)ccc21. The molecule has 1 aliphatic rings. The lowest BCUT2D eigenvalue weighted by Crippen LogP contribution is -2.28. The molecule has 7 nitrogen and oxygen atoms in total. The van der Waals surface area contributed by atoms with Crippen LogP contribution in [0.15, 0.2) is 47.4 Å². The number of hydrogen-bond acceptors (Lipinski definition) is 4. The Morgan fingerprint density at radius 3 is 2.76 bits per heavy atom. The van der Waals surface area contributed by atoms with Gasteiger partial charge in [0.1, 0.15) is 12.4 Å². The van der Waals surface area contributed by atoms with Crippen LogP contribution in [0, 0.1) is 12.7 Å². The topological polar surface area (TPSA) is 93.1 Å². The van der Waals surface area contributed by atoms with Gasteiger partial charge in [0.25, 0.3) is 11.5 Å². The summed E-state index contributed by atoms with van der Waals surface area (Å²) in [6.07, 6.45) is 3.08. The van der Waals surface area contributed by atoms with Crippen molar-refractivity contribution in [3.05, 3.63) is 69.9 Å². The monoisotopic (exact) mass is 394 g/mol.